The van der Waals surface area contributed by atoms with Crippen molar-refractivity contribution >= 4 is 11.4 Å². The van der Waals surface area contributed by atoms with Gasteiger partial charge >= 0.3 is 0 Å². The molecule has 1 N–H and O–H groups in total. The number of nitro groups is 1. The molecule has 1 heterocycles. The lowest BCUT2D eigenvalue weighted by atomic mass is 10.1. The van der Waals surface area contributed by atoms with E-state index < -0.39 is 0 Å². The first kappa shape index (κ1) is 15.7. The van der Waals surface area contributed by atoms with E-state index in [1.165, 1.54) is 0 Å². The summed E-state index contributed by atoms with van der Waals surface area (Å²) in [5, 5.41) is 14.1. The number of aryl methyl sites for hydroxylation is 1. The summed E-state index contributed by atoms with van der Waals surface area (Å²) in [6.45, 7) is 4.72. The standard InChI is InChI=1S/C15H22N2O4/c1-12-3-4-14(15(11-12)17(18)19)16-7-2-8-21-13-5-9-20-10-6-13/h3-4,11,13,16H,2,5-10H2,1H3. The molecule has 0 unspecified atom stereocenters. The Morgan fingerprint density at radius 2 is 2.19 bits per heavy atom. The number of hydrogen-bond donors (Lipinski definition) is 1. The second-order valence-electron chi connectivity index (χ2n) is 5.24. The van der Waals surface area contributed by atoms with Crippen LogP contribution in [-0.2, 0) is 9.47 Å². The number of hydrogen-bond acceptors (Lipinski definition) is 5. The lowest BCUT2D eigenvalue weighted by Crippen LogP contribution is -2.24. The Bertz CT molecular complexity index is 473. The van der Waals surface area contributed by atoms with Crippen molar-refractivity contribution in [3.05, 3.63) is 33.9 Å². The molecule has 0 bridgehead atoms. The van der Waals surface area contributed by atoms with Crippen molar-refractivity contribution in [2.24, 2.45) is 0 Å². The molecule has 0 saturated carbocycles. The van der Waals surface area contributed by atoms with Gasteiger partial charge in [-0.2, -0.15) is 0 Å². The smallest absolute Gasteiger partial charge is 0.292 e. The molecule has 6 heteroatoms. The normalized spacial score (nSPS) is 15.9. The van der Waals surface area contributed by atoms with Crippen LogP contribution in [0.15, 0.2) is 18.2 Å². The largest absolute Gasteiger partial charge is 0.381 e. The predicted molar refractivity (Wildman–Crippen MR) is 80.7 cm³/mol. The Kier molecular flexibility index (Phi) is 5.95. The van der Waals surface area contributed by atoms with Crippen LogP contribution in [0.4, 0.5) is 11.4 Å². The number of anilines is 1. The van der Waals surface area contributed by atoms with E-state index in [1.807, 2.05) is 13.0 Å². The molecule has 6 nitrogen and oxygen atoms in total. The average Bonchev–Trinajstić information content (AvgIpc) is 2.49. The van der Waals surface area contributed by atoms with Gasteiger partial charge < -0.3 is 14.8 Å². The van der Waals surface area contributed by atoms with Crippen LogP contribution >= 0.6 is 0 Å². The monoisotopic (exact) mass is 294 g/mol. The molecule has 2 rings (SSSR count). The highest BCUT2D eigenvalue weighted by molar-refractivity contribution is 5.62. The van der Waals surface area contributed by atoms with Crippen LogP contribution in [0.5, 0.6) is 0 Å². The van der Waals surface area contributed by atoms with Gasteiger partial charge in [-0.15, -0.1) is 0 Å². The first-order valence-corrected chi connectivity index (χ1v) is 7.35. The van der Waals surface area contributed by atoms with Crippen LogP contribution in [0.3, 0.4) is 0 Å². The summed E-state index contributed by atoms with van der Waals surface area (Å²) < 4.78 is 11.0. The number of rotatable bonds is 7. The lowest BCUT2D eigenvalue weighted by molar-refractivity contribution is -0.384. The summed E-state index contributed by atoms with van der Waals surface area (Å²) in [6.07, 6.45) is 3.03. The number of benzene rings is 1. The Labute approximate surface area is 124 Å². The summed E-state index contributed by atoms with van der Waals surface area (Å²) in [4.78, 5) is 10.6. The van der Waals surface area contributed by atoms with Gasteiger partial charge in [0, 0.05) is 32.4 Å². The number of nitrogens with one attached hydrogen (secondary N) is 1. The van der Waals surface area contributed by atoms with E-state index in [9.17, 15) is 10.1 Å². The molecule has 0 aliphatic carbocycles. The van der Waals surface area contributed by atoms with Crippen molar-refractivity contribution in [3.8, 4) is 0 Å². The first-order chi connectivity index (χ1) is 10.2. The van der Waals surface area contributed by atoms with Gasteiger partial charge in [-0.25, -0.2) is 0 Å². The van der Waals surface area contributed by atoms with Gasteiger partial charge in [0.15, 0.2) is 0 Å². The summed E-state index contributed by atoms with van der Waals surface area (Å²) in [5.74, 6) is 0. The number of nitro benzene ring substituents is 1. The van der Waals surface area contributed by atoms with E-state index >= 15 is 0 Å². The van der Waals surface area contributed by atoms with Crippen LogP contribution in [0.1, 0.15) is 24.8 Å². The van der Waals surface area contributed by atoms with Gasteiger partial charge in [0.2, 0.25) is 0 Å². The Balaban J connectivity index is 1.72. The average molecular weight is 294 g/mol. The Hall–Kier alpha value is -1.66. The van der Waals surface area contributed by atoms with Gasteiger partial charge in [-0.05, 0) is 37.8 Å². The van der Waals surface area contributed by atoms with E-state index in [2.05, 4.69) is 5.32 Å². The van der Waals surface area contributed by atoms with Crippen LogP contribution in [0.25, 0.3) is 0 Å². The van der Waals surface area contributed by atoms with Crippen molar-refractivity contribution in [1.82, 2.24) is 0 Å². The molecule has 0 radical (unpaired) electrons. The molecule has 21 heavy (non-hydrogen) atoms. The maximum atomic E-state index is 11.0. The molecule has 0 atom stereocenters. The number of nitrogens with zero attached hydrogens (tertiary/aromatic N) is 1. The molecule has 0 amide bonds. The molecule has 1 saturated heterocycles. The highest BCUT2D eigenvalue weighted by atomic mass is 16.6. The second kappa shape index (κ2) is 7.95. The third-order valence-corrected chi connectivity index (χ3v) is 3.51. The maximum Gasteiger partial charge on any atom is 0.292 e. The van der Waals surface area contributed by atoms with Crippen LogP contribution in [0.2, 0.25) is 0 Å². The topological polar surface area (TPSA) is 73.6 Å². The third-order valence-electron chi connectivity index (χ3n) is 3.51. The minimum absolute atomic E-state index is 0.125. The zero-order valence-electron chi connectivity index (χ0n) is 12.3. The van der Waals surface area contributed by atoms with E-state index in [1.54, 1.807) is 12.1 Å². The van der Waals surface area contributed by atoms with Gasteiger partial charge in [0.25, 0.3) is 5.69 Å². The molecule has 1 aliphatic heterocycles. The fourth-order valence-corrected chi connectivity index (χ4v) is 2.33. The molecule has 1 aromatic carbocycles. The van der Waals surface area contributed by atoms with Gasteiger partial charge in [0.05, 0.1) is 11.0 Å². The molecule has 0 aromatic heterocycles. The van der Waals surface area contributed by atoms with Crippen LogP contribution in [0, 0.1) is 17.0 Å². The van der Waals surface area contributed by atoms with Gasteiger partial charge in [0.1, 0.15) is 5.69 Å². The van der Waals surface area contributed by atoms with Crippen molar-refractivity contribution < 1.29 is 14.4 Å². The fourth-order valence-electron chi connectivity index (χ4n) is 2.33. The SMILES string of the molecule is Cc1ccc(NCCCOC2CCOCC2)c([N+](=O)[O-])c1. The van der Waals surface area contributed by atoms with Crippen molar-refractivity contribution in [2.75, 3.05) is 31.7 Å². The van der Waals surface area contributed by atoms with Crippen molar-refractivity contribution in [2.45, 2.75) is 32.3 Å². The molecule has 0 spiro atoms. The minimum Gasteiger partial charge on any atom is -0.381 e. The quantitative estimate of drug-likeness (QED) is 0.475. The van der Waals surface area contributed by atoms with Crippen molar-refractivity contribution in [1.29, 1.82) is 0 Å². The fraction of sp³-hybridized carbons (Fsp3) is 0.600. The highest BCUT2D eigenvalue weighted by Crippen LogP contribution is 2.25. The summed E-state index contributed by atoms with van der Waals surface area (Å²) in [5.41, 5.74) is 1.58. The Morgan fingerprint density at radius 1 is 1.43 bits per heavy atom. The van der Waals surface area contributed by atoms with E-state index in [4.69, 9.17) is 9.47 Å². The highest BCUT2D eigenvalue weighted by Gasteiger charge is 2.14. The lowest BCUT2D eigenvalue weighted by Gasteiger charge is -2.22. The number of ether oxygens (including phenoxy) is 2. The maximum absolute atomic E-state index is 11.0. The molecule has 116 valence electrons. The van der Waals surface area contributed by atoms with Crippen LogP contribution < -0.4 is 5.32 Å². The summed E-state index contributed by atoms with van der Waals surface area (Å²) in [6, 6.07) is 5.21. The van der Waals surface area contributed by atoms with E-state index in [0.717, 1.165) is 38.0 Å². The summed E-state index contributed by atoms with van der Waals surface area (Å²) in [7, 11) is 0. The Morgan fingerprint density at radius 3 is 2.90 bits per heavy atom. The van der Waals surface area contributed by atoms with Crippen LogP contribution in [-0.4, -0.2) is 37.4 Å². The van der Waals surface area contributed by atoms with E-state index in [-0.39, 0.29) is 10.6 Å². The molecule has 1 aromatic rings. The zero-order chi connectivity index (χ0) is 15.1. The van der Waals surface area contributed by atoms with Gasteiger partial charge in [-0.3, -0.25) is 10.1 Å². The van der Waals surface area contributed by atoms with E-state index in [0.29, 0.717) is 24.9 Å². The summed E-state index contributed by atoms with van der Waals surface area (Å²) >= 11 is 0. The molecule has 1 fully saturated rings. The second-order valence-corrected chi connectivity index (χ2v) is 5.24. The molecular formula is C15H22N2O4. The minimum atomic E-state index is -0.353. The van der Waals surface area contributed by atoms with Gasteiger partial charge in [-0.1, -0.05) is 6.07 Å². The molecule has 1 aliphatic rings. The zero-order valence-corrected chi connectivity index (χ0v) is 12.3. The predicted octanol–water partition coefficient (Wildman–Crippen LogP) is 2.90. The first-order valence-electron chi connectivity index (χ1n) is 7.35. The molecular weight excluding hydrogens is 272 g/mol. The van der Waals surface area contributed by atoms with Crippen molar-refractivity contribution in [3.63, 3.8) is 0 Å². The third kappa shape index (κ3) is 4.99.